The van der Waals surface area contributed by atoms with Gasteiger partial charge in [0.1, 0.15) is 6.10 Å². The van der Waals surface area contributed by atoms with Crippen molar-refractivity contribution in [3.05, 3.63) is 35.9 Å². The summed E-state index contributed by atoms with van der Waals surface area (Å²) < 4.78 is 11.8. The minimum Gasteiger partial charge on any atom is -0.463 e. The summed E-state index contributed by atoms with van der Waals surface area (Å²) in [5.74, 6) is 9.01. The lowest BCUT2D eigenvalue weighted by molar-refractivity contribution is -0.178. The molecule has 0 heterocycles. The van der Waals surface area contributed by atoms with Gasteiger partial charge in [-0.1, -0.05) is 38.0 Å². The molecule has 0 unspecified atom stereocenters. The first-order chi connectivity index (χ1) is 16.7. The summed E-state index contributed by atoms with van der Waals surface area (Å²) >= 11 is 0. The van der Waals surface area contributed by atoms with Crippen molar-refractivity contribution in [3.8, 4) is 11.8 Å². The second-order valence-corrected chi connectivity index (χ2v) is 12.2. The lowest BCUT2D eigenvalue weighted by Crippen LogP contribution is -2.57. The molecule has 4 heteroatoms. The maximum Gasteiger partial charge on any atom is 0.304 e. The summed E-state index contributed by atoms with van der Waals surface area (Å²) in [6.07, 6.45) is 9.77. The van der Waals surface area contributed by atoms with Gasteiger partial charge in [-0.15, -0.1) is 0 Å². The molecule has 4 nitrogen and oxygen atoms in total. The van der Waals surface area contributed by atoms with E-state index in [1.165, 1.54) is 33.1 Å². The van der Waals surface area contributed by atoms with E-state index in [4.69, 9.17) is 9.47 Å². The zero-order valence-corrected chi connectivity index (χ0v) is 21.8. The third-order valence-corrected chi connectivity index (χ3v) is 10.6. The Bertz CT molecular complexity index is 1040. The summed E-state index contributed by atoms with van der Waals surface area (Å²) in [5, 5.41) is 0. The first-order valence-corrected chi connectivity index (χ1v) is 13.6. The highest BCUT2D eigenvalue weighted by Gasteiger charge is 2.66. The molecule has 0 N–H and O–H groups in total. The molecule has 1 aromatic carbocycles. The van der Waals surface area contributed by atoms with Gasteiger partial charge in [-0.3, -0.25) is 9.59 Å². The van der Waals surface area contributed by atoms with Crippen LogP contribution in [0.4, 0.5) is 0 Å². The van der Waals surface area contributed by atoms with E-state index in [0.29, 0.717) is 29.1 Å². The number of hydrogen-bond acceptors (Lipinski definition) is 4. The van der Waals surface area contributed by atoms with E-state index in [2.05, 4.69) is 25.7 Å². The van der Waals surface area contributed by atoms with E-state index in [1.807, 2.05) is 30.3 Å². The van der Waals surface area contributed by atoms with Crippen molar-refractivity contribution in [1.29, 1.82) is 0 Å². The van der Waals surface area contributed by atoms with Gasteiger partial charge in [-0.2, -0.15) is 0 Å². The molecule has 4 saturated carbocycles. The standard InChI is InChI=1S/C31H40O4/c1-21(32)34-25-13-16-29(3)24(20-25)10-11-26-27(29)14-17-30(4)28(26)15-19-31(30,35-22(2)33)18-12-23-8-6-5-7-9-23/h5-9,24-28H,10-11,13-17,19-20H2,1-4H3/t24-,25+,26-,27+,28-,29-,30-,31-/m1/s1. The predicted octanol–water partition coefficient (Wildman–Crippen LogP) is 6.31. The van der Waals surface area contributed by atoms with Gasteiger partial charge in [-0.25, -0.2) is 0 Å². The van der Waals surface area contributed by atoms with Gasteiger partial charge in [-0.05, 0) is 105 Å². The number of fused-ring (bicyclic) bond motifs is 5. The molecule has 35 heavy (non-hydrogen) atoms. The highest BCUT2D eigenvalue weighted by atomic mass is 16.6. The van der Waals surface area contributed by atoms with Gasteiger partial charge in [0.15, 0.2) is 5.60 Å². The van der Waals surface area contributed by atoms with E-state index in [1.54, 1.807) is 0 Å². The summed E-state index contributed by atoms with van der Waals surface area (Å²) in [5.41, 5.74) is 0.440. The van der Waals surface area contributed by atoms with Crippen molar-refractivity contribution >= 4 is 11.9 Å². The van der Waals surface area contributed by atoms with Crippen molar-refractivity contribution < 1.29 is 19.1 Å². The van der Waals surface area contributed by atoms with Crippen molar-refractivity contribution in [3.63, 3.8) is 0 Å². The Morgan fingerprint density at radius 1 is 0.886 bits per heavy atom. The summed E-state index contributed by atoms with van der Waals surface area (Å²) in [6, 6.07) is 10.0. The lowest BCUT2D eigenvalue weighted by atomic mass is 9.44. The molecule has 0 radical (unpaired) electrons. The fraction of sp³-hybridized carbons (Fsp3) is 0.677. The Kier molecular flexibility index (Phi) is 6.27. The molecule has 0 amide bonds. The SMILES string of the molecule is CC(=O)O[C@H]1CC[C@]2(C)[C@H](CC[C@H]3[C@H]4CC[C@@](C#Cc5ccccc5)(OC(C)=O)[C@]4(C)CC[C@@H]32)C1. The number of rotatable bonds is 2. The fourth-order valence-corrected chi connectivity index (χ4v) is 8.90. The molecule has 8 atom stereocenters. The maximum absolute atomic E-state index is 12.3. The monoisotopic (exact) mass is 476 g/mol. The molecule has 0 aromatic heterocycles. The molecule has 1 aromatic rings. The molecular weight excluding hydrogens is 436 g/mol. The Morgan fingerprint density at radius 3 is 2.34 bits per heavy atom. The summed E-state index contributed by atoms with van der Waals surface area (Å²) in [7, 11) is 0. The van der Waals surface area contributed by atoms with Crippen LogP contribution in [-0.4, -0.2) is 23.6 Å². The summed E-state index contributed by atoms with van der Waals surface area (Å²) in [6.45, 7) is 7.94. The fourth-order valence-electron chi connectivity index (χ4n) is 8.90. The number of carbonyl (C=O) groups is 2. The van der Waals surface area contributed by atoms with Crippen LogP contribution in [0.2, 0.25) is 0 Å². The number of carbonyl (C=O) groups excluding carboxylic acids is 2. The van der Waals surface area contributed by atoms with Crippen LogP contribution < -0.4 is 0 Å². The van der Waals surface area contributed by atoms with Crippen molar-refractivity contribution in [2.24, 2.45) is 34.5 Å². The average Bonchev–Trinajstić information content (AvgIpc) is 3.10. The predicted molar refractivity (Wildman–Crippen MR) is 135 cm³/mol. The van der Waals surface area contributed by atoms with Gasteiger partial charge in [0, 0.05) is 24.8 Å². The highest BCUT2D eigenvalue weighted by Crippen LogP contribution is 2.69. The minimum absolute atomic E-state index is 0.0901. The lowest BCUT2D eigenvalue weighted by Gasteiger charge is -2.61. The number of hydrogen-bond donors (Lipinski definition) is 0. The molecule has 0 spiro atoms. The zero-order valence-electron chi connectivity index (χ0n) is 21.8. The smallest absolute Gasteiger partial charge is 0.304 e. The van der Waals surface area contributed by atoms with Crippen LogP contribution in [0.3, 0.4) is 0 Å². The molecule has 4 aliphatic carbocycles. The van der Waals surface area contributed by atoms with Crippen LogP contribution in [0.5, 0.6) is 0 Å². The van der Waals surface area contributed by atoms with Crippen molar-refractivity contribution in [2.45, 2.75) is 97.2 Å². The Morgan fingerprint density at radius 2 is 1.63 bits per heavy atom. The third-order valence-electron chi connectivity index (χ3n) is 10.6. The summed E-state index contributed by atoms with van der Waals surface area (Å²) in [4.78, 5) is 23.9. The van der Waals surface area contributed by atoms with E-state index in [9.17, 15) is 9.59 Å². The topological polar surface area (TPSA) is 52.6 Å². The van der Waals surface area contributed by atoms with Gasteiger partial charge >= 0.3 is 11.9 Å². The van der Waals surface area contributed by atoms with Crippen molar-refractivity contribution in [2.75, 3.05) is 0 Å². The molecule has 4 fully saturated rings. The Balaban J connectivity index is 1.42. The normalized spacial score (nSPS) is 41.9. The van der Waals surface area contributed by atoms with E-state index >= 15 is 0 Å². The van der Waals surface area contributed by atoms with E-state index < -0.39 is 5.60 Å². The third kappa shape index (κ3) is 4.09. The molecule has 5 rings (SSSR count). The minimum atomic E-state index is -0.713. The van der Waals surface area contributed by atoms with Crippen LogP contribution >= 0.6 is 0 Å². The van der Waals surface area contributed by atoms with Crippen LogP contribution in [-0.2, 0) is 19.1 Å². The average molecular weight is 477 g/mol. The number of esters is 2. The van der Waals surface area contributed by atoms with Gasteiger partial charge in [0.2, 0.25) is 0 Å². The first-order valence-electron chi connectivity index (χ1n) is 13.6. The quantitative estimate of drug-likeness (QED) is 0.370. The largest absolute Gasteiger partial charge is 0.463 e. The zero-order chi connectivity index (χ0) is 24.8. The van der Waals surface area contributed by atoms with Crippen LogP contribution in [0.1, 0.15) is 91.0 Å². The van der Waals surface area contributed by atoms with Gasteiger partial charge < -0.3 is 9.47 Å². The van der Waals surface area contributed by atoms with E-state index in [-0.39, 0.29) is 23.5 Å². The number of benzene rings is 1. The first kappa shape index (κ1) is 24.4. The van der Waals surface area contributed by atoms with Crippen LogP contribution in [0, 0.1) is 46.3 Å². The molecular formula is C31H40O4. The van der Waals surface area contributed by atoms with E-state index in [0.717, 1.165) is 44.1 Å². The highest BCUT2D eigenvalue weighted by molar-refractivity contribution is 5.67. The van der Waals surface area contributed by atoms with Crippen LogP contribution in [0.15, 0.2) is 30.3 Å². The second-order valence-electron chi connectivity index (χ2n) is 12.2. The molecule has 4 aliphatic rings. The molecule has 0 aliphatic heterocycles. The Hall–Kier alpha value is -2.28. The van der Waals surface area contributed by atoms with Crippen molar-refractivity contribution in [1.82, 2.24) is 0 Å². The second kappa shape index (κ2) is 8.99. The molecule has 0 saturated heterocycles. The number of ether oxygens (including phenoxy) is 2. The molecule has 0 bridgehead atoms. The van der Waals surface area contributed by atoms with Crippen LogP contribution in [0.25, 0.3) is 0 Å². The molecule has 188 valence electrons. The maximum atomic E-state index is 12.3. The van der Waals surface area contributed by atoms with Gasteiger partial charge in [0.05, 0.1) is 0 Å². The Labute approximate surface area is 210 Å². The van der Waals surface area contributed by atoms with Gasteiger partial charge in [0.25, 0.3) is 0 Å².